The SMILES string of the molecule is CNC(C)c1ccc(N(CC2CC2)C2CC2)c(F)c1. The van der Waals surface area contributed by atoms with Gasteiger partial charge in [-0.25, -0.2) is 4.39 Å². The smallest absolute Gasteiger partial charge is 0.146 e. The maximum atomic E-state index is 14.4. The molecule has 2 aliphatic rings. The first-order valence-electron chi connectivity index (χ1n) is 7.42. The normalized spacial score (nSPS) is 20.4. The van der Waals surface area contributed by atoms with E-state index >= 15 is 0 Å². The summed E-state index contributed by atoms with van der Waals surface area (Å²) >= 11 is 0. The first-order valence-corrected chi connectivity index (χ1v) is 7.42. The van der Waals surface area contributed by atoms with Gasteiger partial charge in [-0.2, -0.15) is 0 Å². The van der Waals surface area contributed by atoms with E-state index in [4.69, 9.17) is 0 Å². The van der Waals surface area contributed by atoms with Crippen LogP contribution in [0.2, 0.25) is 0 Å². The third-order valence-electron chi connectivity index (χ3n) is 4.35. The Morgan fingerprint density at radius 1 is 1.32 bits per heavy atom. The number of anilines is 1. The molecular weight excluding hydrogens is 239 g/mol. The van der Waals surface area contributed by atoms with Crippen molar-refractivity contribution in [2.75, 3.05) is 18.5 Å². The van der Waals surface area contributed by atoms with Crippen molar-refractivity contribution < 1.29 is 4.39 Å². The molecule has 0 amide bonds. The van der Waals surface area contributed by atoms with Crippen LogP contribution in [-0.4, -0.2) is 19.6 Å². The van der Waals surface area contributed by atoms with Gasteiger partial charge >= 0.3 is 0 Å². The Morgan fingerprint density at radius 3 is 2.58 bits per heavy atom. The number of halogens is 1. The zero-order valence-electron chi connectivity index (χ0n) is 11.8. The maximum absolute atomic E-state index is 14.4. The van der Waals surface area contributed by atoms with Gasteiger partial charge in [-0.15, -0.1) is 0 Å². The molecule has 104 valence electrons. The Balaban J connectivity index is 1.81. The number of benzene rings is 1. The van der Waals surface area contributed by atoms with Gasteiger partial charge in [0.15, 0.2) is 0 Å². The highest BCUT2D eigenvalue weighted by atomic mass is 19.1. The molecule has 2 aliphatic carbocycles. The molecule has 0 saturated heterocycles. The second kappa shape index (κ2) is 5.12. The van der Waals surface area contributed by atoms with Crippen LogP contribution in [0.4, 0.5) is 10.1 Å². The molecule has 19 heavy (non-hydrogen) atoms. The molecule has 0 radical (unpaired) electrons. The number of nitrogens with zero attached hydrogens (tertiary/aromatic N) is 1. The molecular formula is C16H23FN2. The van der Waals surface area contributed by atoms with Crippen molar-refractivity contribution in [2.45, 2.75) is 44.7 Å². The Morgan fingerprint density at radius 2 is 2.05 bits per heavy atom. The summed E-state index contributed by atoms with van der Waals surface area (Å²) < 4.78 is 14.4. The van der Waals surface area contributed by atoms with Gasteiger partial charge in [0, 0.05) is 18.6 Å². The highest BCUT2D eigenvalue weighted by molar-refractivity contribution is 5.51. The van der Waals surface area contributed by atoms with Crippen LogP contribution in [0.5, 0.6) is 0 Å². The first-order chi connectivity index (χ1) is 9.19. The van der Waals surface area contributed by atoms with Crippen LogP contribution < -0.4 is 10.2 Å². The molecule has 0 aromatic heterocycles. The average Bonchev–Trinajstić information content (AvgIpc) is 3.28. The Hall–Kier alpha value is -1.09. The molecule has 1 atom stereocenters. The Kier molecular flexibility index (Phi) is 3.48. The van der Waals surface area contributed by atoms with Crippen molar-refractivity contribution in [3.05, 3.63) is 29.6 Å². The van der Waals surface area contributed by atoms with Crippen LogP contribution in [0, 0.1) is 11.7 Å². The predicted octanol–water partition coefficient (Wildman–Crippen LogP) is 3.48. The second-order valence-corrected chi connectivity index (χ2v) is 6.05. The molecule has 0 heterocycles. The highest BCUT2D eigenvalue weighted by Gasteiger charge is 2.34. The van der Waals surface area contributed by atoms with Gasteiger partial charge in [0.05, 0.1) is 5.69 Å². The van der Waals surface area contributed by atoms with Gasteiger partial charge in [0.25, 0.3) is 0 Å². The molecule has 3 heteroatoms. The van der Waals surface area contributed by atoms with Crippen LogP contribution in [0.15, 0.2) is 18.2 Å². The van der Waals surface area contributed by atoms with Crippen molar-refractivity contribution in [1.29, 1.82) is 0 Å². The molecule has 1 unspecified atom stereocenters. The number of nitrogens with one attached hydrogen (secondary N) is 1. The lowest BCUT2D eigenvalue weighted by molar-refractivity contribution is 0.595. The summed E-state index contributed by atoms with van der Waals surface area (Å²) in [7, 11) is 1.90. The summed E-state index contributed by atoms with van der Waals surface area (Å²) in [4.78, 5) is 2.31. The van der Waals surface area contributed by atoms with Crippen LogP contribution >= 0.6 is 0 Å². The minimum absolute atomic E-state index is 0.0628. The fourth-order valence-electron chi connectivity index (χ4n) is 2.60. The van der Waals surface area contributed by atoms with Crippen molar-refractivity contribution in [3.63, 3.8) is 0 Å². The summed E-state index contributed by atoms with van der Waals surface area (Å²) in [6.07, 6.45) is 5.08. The van der Waals surface area contributed by atoms with Gasteiger partial charge < -0.3 is 10.2 Å². The van der Waals surface area contributed by atoms with E-state index in [1.165, 1.54) is 25.7 Å². The average molecular weight is 262 g/mol. The molecule has 1 aromatic carbocycles. The number of rotatable bonds is 6. The van der Waals surface area contributed by atoms with E-state index in [1.807, 2.05) is 13.1 Å². The van der Waals surface area contributed by atoms with Crippen molar-refractivity contribution in [1.82, 2.24) is 5.32 Å². The third kappa shape index (κ3) is 2.92. The molecule has 2 nitrogen and oxygen atoms in total. The van der Waals surface area contributed by atoms with Crippen LogP contribution in [-0.2, 0) is 0 Å². The minimum atomic E-state index is -0.0628. The summed E-state index contributed by atoms with van der Waals surface area (Å²) in [6.45, 7) is 3.10. The van der Waals surface area contributed by atoms with Gasteiger partial charge in [0.2, 0.25) is 0 Å². The lowest BCUT2D eigenvalue weighted by atomic mass is 10.1. The maximum Gasteiger partial charge on any atom is 0.146 e. The van der Waals surface area contributed by atoms with E-state index < -0.39 is 0 Å². The highest BCUT2D eigenvalue weighted by Crippen LogP contribution is 2.38. The molecule has 3 rings (SSSR count). The zero-order valence-corrected chi connectivity index (χ0v) is 11.8. The monoisotopic (exact) mass is 262 g/mol. The molecule has 1 N–H and O–H groups in total. The summed E-state index contributed by atoms with van der Waals surface area (Å²) in [6, 6.07) is 6.50. The quantitative estimate of drug-likeness (QED) is 0.844. The predicted molar refractivity (Wildman–Crippen MR) is 77.0 cm³/mol. The van der Waals surface area contributed by atoms with Gasteiger partial charge in [0.1, 0.15) is 5.82 Å². The van der Waals surface area contributed by atoms with Crippen molar-refractivity contribution in [3.8, 4) is 0 Å². The number of hydrogen-bond acceptors (Lipinski definition) is 2. The number of hydrogen-bond donors (Lipinski definition) is 1. The summed E-state index contributed by atoms with van der Waals surface area (Å²) in [5, 5.41) is 3.15. The molecule has 2 saturated carbocycles. The van der Waals surface area contributed by atoms with Crippen LogP contribution in [0.3, 0.4) is 0 Å². The summed E-state index contributed by atoms with van der Waals surface area (Å²) in [5.74, 6) is 0.739. The molecule has 0 bridgehead atoms. The van der Waals surface area contributed by atoms with Crippen LogP contribution in [0.1, 0.15) is 44.2 Å². The summed E-state index contributed by atoms with van der Waals surface area (Å²) in [5.41, 5.74) is 1.83. The molecule has 1 aromatic rings. The van der Waals surface area contributed by atoms with E-state index in [0.29, 0.717) is 6.04 Å². The lowest BCUT2D eigenvalue weighted by Crippen LogP contribution is -2.29. The van der Waals surface area contributed by atoms with E-state index in [-0.39, 0.29) is 11.9 Å². The van der Waals surface area contributed by atoms with Crippen molar-refractivity contribution >= 4 is 5.69 Å². The standard InChI is InChI=1S/C16H23FN2/c1-11(18-2)13-5-8-16(15(17)9-13)19(14-6-7-14)10-12-3-4-12/h5,8-9,11-12,14,18H,3-4,6-7,10H2,1-2H3. The van der Waals surface area contributed by atoms with Crippen LogP contribution in [0.25, 0.3) is 0 Å². The van der Waals surface area contributed by atoms with Gasteiger partial charge in [-0.1, -0.05) is 6.07 Å². The third-order valence-corrected chi connectivity index (χ3v) is 4.35. The fraction of sp³-hybridized carbons (Fsp3) is 0.625. The van der Waals surface area contributed by atoms with E-state index in [9.17, 15) is 4.39 Å². The van der Waals surface area contributed by atoms with E-state index in [2.05, 4.69) is 23.2 Å². The zero-order chi connectivity index (χ0) is 13.4. The van der Waals surface area contributed by atoms with E-state index in [1.54, 1.807) is 6.07 Å². The molecule has 0 aliphatic heterocycles. The van der Waals surface area contributed by atoms with Gasteiger partial charge in [-0.3, -0.25) is 0 Å². The minimum Gasteiger partial charge on any atom is -0.366 e. The topological polar surface area (TPSA) is 15.3 Å². The largest absolute Gasteiger partial charge is 0.366 e. The van der Waals surface area contributed by atoms with Gasteiger partial charge in [-0.05, 0) is 63.3 Å². The Bertz CT molecular complexity index is 452. The Labute approximate surface area is 115 Å². The van der Waals surface area contributed by atoms with E-state index in [0.717, 1.165) is 23.7 Å². The van der Waals surface area contributed by atoms with Crippen molar-refractivity contribution in [2.24, 2.45) is 5.92 Å². The fourth-order valence-corrected chi connectivity index (χ4v) is 2.60. The molecule has 2 fully saturated rings. The lowest BCUT2D eigenvalue weighted by Gasteiger charge is -2.26. The molecule has 0 spiro atoms. The first kappa shape index (κ1) is 12.9. The second-order valence-electron chi connectivity index (χ2n) is 6.05.